The van der Waals surface area contributed by atoms with Gasteiger partial charge in [0.25, 0.3) is 0 Å². The van der Waals surface area contributed by atoms with E-state index in [1.54, 1.807) is 0 Å². The molecule has 0 heterocycles. The fourth-order valence-corrected chi connectivity index (χ4v) is 3.88. The van der Waals surface area contributed by atoms with Crippen LogP contribution >= 0.6 is 0 Å². The van der Waals surface area contributed by atoms with Crippen molar-refractivity contribution in [2.24, 2.45) is 23.7 Å². The molecule has 0 aliphatic heterocycles. The Kier molecular flexibility index (Phi) is 3.54. The van der Waals surface area contributed by atoms with Crippen molar-refractivity contribution in [2.45, 2.75) is 52.1 Å². The van der Waals surface area contributed by atoms with Crippen LogP contribution in [0.5, 0.6) is 0 Å². The van der Waals surface area contributed by atoms with E-state index in [4.69, 9.17) is 5.11 Å². The van der Waals surface area contributed by atoms with Gasteiger partial charge in [-0.25, -0.2) is 4.79 Å². The molecule has 1 saturated carbocycles. The van der Waals surface area contributed by atoms with Crippen LogP contribution in [-0.2, 0) is 4.79 Å². The number of carboxylic acids is 1. The number of hydrogen-bond acceptors (Lipinski definition) is 2. The summed E-state index contributed by atoms with van der Waals surface area (Å²) < 4.78 is 0. The van der Waals surface area contributed by atoms with E-state index in [0.29, 0.717) is 23.8 Å². The lowest BCUT2D eigenvalue weighted by molar-refractivity contribution is -0.133. The molecule has 0 bridgehead atoms. The van der Waals surface area contributed by atoms with Gasteiger partial charge in [0.1, 0.15) is 0 Å². The second kappa shape index (κ2) is 4.69. The Labute approximate surface area is 109 Å². The average Bonchev–Trinajstić information content (AvgIpc) is 2.27. The van der Waals surface area contributed by atoms with E-state index in [0.717, 1.165) is 19.3 Å². The van der Waals surface area contributed by atoms with E-state index in [1.165, 1.54) is 0 Å². The number of hydrogen-bond donors (Lipinski definition) is 2. The van der Waals surface area contributed by atoms with Crippen molar-refractivity contribution in [1.29, 1.82) is 0 Å². The van der Waals surface area contributed by atoms with Crippen LogP contribution < -0.4 is 0 Å². The monoisotopic (exact) mass is 252 g/mol. The normalized spacial score (nSPS) is 40.3. The van der Waals surface area contributed by atoms with Crippen molar-refractivity contribution in [3.05, 3.63) is 11.6 Å². The highest BCUT2D eigenvalue weighted by Crippen LogP contribution is 2.49. The highest BCUT2D eigenvalue weighted by molar-refractivity contribution is 5.86. The Balaban J connectivity index is 2.32. The molecule has 2 rings (SSSR count). The summed E-state index contributed by atoms with van der Waals surface area (Å²) in [5.41, 5.74) is -0.0871. The lowest BCUT2D eigenvalue weighted by atomic mass is 9.58. The summed E-state index contributed by atoms with van der Waals surface area (Å²) in [4.78, 5) is 11.1. The van der Waals surface area contributed by atoms with Gasteiger partial charge in [0.2, 0.25) is 0 Å². The summed E-state index contributed by atoms with van der Waals surface area (Å²) in [6.45, 7) is 6.32. The Hall–Kier alpha value is -0.830. The van der Waals surface area contributed by atoms with Crippen LogP contribution in [0.2, 0.25) is 0 Å². The second-order valence-corrected chi connectivity index (χ2v) is 6.52. The fraction of sp³-hybridized carbons (Fsp3) is 0.800. The Morgan fingerprint density at radius 2 is 2.11 bits per heavy atom. The molecular formula is C15H24O3. The van der Waals surface area contributed by atoms with Crippen LogP contribution in [0.25, 0.3) is 0 Å². The third kappa shape index (κ3) is 2.33. The van der Waals surface area contributed by atoms with Crippen LogP contribution in [0.15, 0.2) is 11.6 Å². The van der Waals surface area contributed by atoms with E-state index < -0.39 is 11.6 Å². The molecule has 102 valence electrons. The predicted octanol–water partition coefficient (Wildman–Crippen LogP) is 2.84. The molecule has 4 atom stereocenters. The maximum atomic E-state index is 11.1. The number of aliphatic carboxylic acids is 1. The smallest absolute Gasteiger partial charge is 0.331 e. The van der Waals surface area contributed by atoms with Crippen molar-refractivity contribution < 1.29 is 15.0 Å². The first-order valence-corrected chi connectivity index (χ1v) is 6.99. The molecule has 0 unspecified atom stereocenters. The van der Waals surface area contributed by atoms with Crippen LogP contribution in [0, 0.1) is 23.7 Å². The zero-order valence-corrected chi connectivity index (χ0v) is 11.5. The maximum absolute atomic E-state index is 11.1. The summed E-state index contributed by atoms with van der Waals surface area (Å²) in [5, 5.41) is 19.7. The van der Waals surface area contributed by atoms with Crippen LogP contribution in [0.4, 0.5) is 0 Å². The number of allylic oxidation sites excluding steroid dienone is 1. The molecule has 3 heteroatoms. The van der Waals surface area contributed by atoms with Crippen LogP contribution in [-0.4, -0.2) is 21.8 Å². The molecule has 1 fully saturated rings. The first-order chi connectivity index (χ1) is 8.33. The molecule has 2 aliphatic carbocycles. The molecule has 0 aromatic carbocycles. The molecule has 0 amide bonds. The molecule has 0 saturated heterocycles. The van der Waals surface area contributed by atoms with Crippen LogP contribution in [0.1, 0.15) is 46.5 Å². The number of carboxylic acid groups (broad SMARTS) is 1. The zero-order valence-electron chi connectivity index (χ0n) is 11.5. The van der Waals surface area contributed by atoms with Gasteiger partial charge < -0.3 is 10.2 Å². The van der Waals surface area contributed by atoms with Gasteiger partial charge in [-0.05, 0) is 56.3 Å². The minimum atomic E-state index is -0.791. The molecule has 2 aliphatic rings. The largest absolute Gasteiger partial charge is 0.478 e. The average molecular weight is 252 g/mol. The first kappa shape index (κ1) is 13.6. The number of carbonyl (C=O) groups is 1. The SMILES string of the molecule is CC(C)[C@@H]1CC[C@@](C)(O)[C@@H]2CCC(C(=O)O)=C[C@H]21. The fourth-order valence-electron chi connectivity index (χ4n) is 3.88. The van der Waals surface area contributed by atoms with Crippen LogP contribution in [0.3, 0.4) is 0 Å². The van der Waals surface area contributed by atoms with Gasteiger partial charge >= 0.3 is 5.97 Å². The second-order valence-electron chi connectivity index (χ2n) is 6.52. The lowest BCUT2D eigenvalue weighted by Gasteiger charge is -2.49. The first-order valence-electron chi connectivity index (χ1n) is 6.99. The van der Waals surface area contributed by atoms with Gasteiger partial charge in [0.05, 0.1) is 5.60 Å². The Morgan fingerprint density at radius 1 is 1.44 bits per heavy atom. The highest BCUT2D eigenvalue weighted by Gasteiger charge is 2.46. The summed E-state index contributed by atoms with van der Waals surface area (Å²) in [7, 11) is 0. The molecular weight excluding hydrogens is 228 g/mol. The van der Waals surface area contributed by atoms with Crippen molar-refractivity contribution in [3.8, 4) is 0 Å². The highest BCUT2D eigenvalue weighted by atomic mass is 16.4. The number of rotatable bonds is 2. The van der Waals surface area contributed by atoms with E-state index >= 15 is 0 Å². The molecule has 3 nitrogen and oxygen atoms in total. The quantitative estimate of drug-likeness (QED) is 0.794. The summed E-state index contributed by atoms with van der Waals surface area (Å²) in [5.74, 6) is 0.708. The van der Waals surface area contributed by atoms with Crippen molar-refractivity contribution in [2.75, 3.05) is 0 Å². The molecule has 0 aromatic rings. The third-order valence-electron chi connectivity index (χ3n) is 4.99. The standard InChI is InChI=1S/C15H24O3/c1-9(2)11-6-7-15(3,18)13-5-4-10(14(16)17)8-12(11)13/h8-9,11-13,18H,4-7H2,1-3H3,(H,16,17)/t11-,12-,13+,15+/m0/s1. The van der Waals surface area contributed by atoms with Gasteiger partial charge in [0.15, 0.2) is 0 Å². The van der Waals surface area contributed by atoms with Gasteiger partial charge in [-0.15, -0.1) is 0 Å². The van der Waals surface area contributed by atoms with Crippen molar-refractivity contribution >= 4 is 5.97 Å². The summed E-state index contributed by atoms with van der Waals surface area (Å²) >= 11 is 0. The lowest BCUT2D eigenvalue weighted by Crippen LogP contribution is -2.48. The summed E-state index contributed by atoms with van der Waals surface area (Å²) in [6.07, 6.45) is 5.17. The van der Waals surface area contributed by atoms with Gasteiger partial charge in [0, 0.05) is 5.57 Å². The van der Waals surface area contributed by atoms with Gasteiger partial charge in [-0.3, -0.25) is 0 Å². The molecule has 0 spiro atoms. The summed E-state index contributed by atoms with van der Waals surface area (Å²) in [6, 6.07) is 0. The van der Waals surface area contributed by atoms with Crippen molar-refractivity contribution in [1.82, 2.24) is 0 Å². The number of aliphatic hydroxyl groups is 1. The van der Waals surface area contributed by atoms with E-state index in [1.807, 2.05) is 13.0 Å². The zero-order chi connectivity index (χ0) is 13.5. The van der Waals surface area contributed by atoms with E-state index in [2.05, 4.69) is 13.8 Å². The molecule has 2 N–H and O–H groups in total. The third-order valence-corrected chi connectivity index (χ3v) is 4.99. The maximum Gasteiger partial charge on any atom is 0.331 e. The minimum Gasteiger partial charge on any atom is -0.478 e. The topological polar surface area (TPSA) is 57.5 Å². The van der Waals surface area contributed by atoms with Crippen molar-refractivity contribution in [3.63, 3.8) is 0 Å². The predicted molar refractivity (Wildman–Crippen MR) is 70.1 cm³/mol. The van der Waals surface area contributed by atoms with E-state index in [-0.39, 0.29) is 11.8 Å². The van der Waals surface area contributed by atoms with Gasteiger partial charge in [-0.2, -0.15) is 0 Å². The van der Waals surface area contributed by atoms with E-state index in [9.17, 15) is 9.90 Å². The molecule has 0 radical (unpaired) electrons. The molecule has 0 aromatic heterocycles. The number of fused-ring (bicyclic) bond motifs is 1. The van der Waals surface area contributed by atoms with Gasteiger partial charge in [-0.1, -0.05) is 19.9 Å². The Bertz CT molecular complexity index is 368. The molecule has 18 heavy (non-hydrogen) atoms. The minimum absolute atomic E-state index is 0.224. The Morgan fingerprint density at radius 3 is 2.67 bits per heavy atom.